The van der Waals surface area contributed by atoms with E-state index < -0.39 is 0 Å². The highest BCUT2D eigenvalue weighted by Crippen LogP contribution is 2.13. The molecule has 0 atom stereocenters. The van der Waals surface area contributed by atoms with Crippen molar-refractivity contribution < 1.29 is 19.7 Å². The summed E-state index contributed by atoms with van der Waals surface area (Å²) in [6, 6.07) is 6.57. The van der Waals surface area contributed by atoms with Crippen LogP contribution in [0.3, 0.4) is 0 Å². The van der Waals surface area contributed by atoms with Crippen LogP contribution in [-0.2, 0) is 9.53 Å². The Morgan fingerprint density at radius 1 is 1.40 bits per heavy atom. The molecular formula is C11H12O4. The fourth-order valence-corrected chi connectivity index (χ4v) is 1.07. The molecule has 1 rings (SSSR count). The lowest BCUT2D eigenvalue weighted by Crippen LogP contribution is -1.92. The summed E-state index contributed by atoms with van der Waals surface area (Å²) in [5.41, 5.74) is 0.798. The zero-order valence-electron chi connectivity index (χ0n) is 8.34. The summed E-state index contributed by atoms with van der Waals surface area (Å²) in [7, 11) is 0. The van der Waals surface area contributed by atoms with Gasteiger partial charge in [0.25, 0.3) is 0 Å². The fraction of sp³-hybridized carbons (Fsp3) is 0.182. The summed E-state index contributed by atoms with van der Waals surface area (Å²) in [4.78, 5) is 14.6. The van der Waals surface area contributed by atoms with E-state index in [1.807, 2.05) is 0 Å². The Balaban J connectivity index is 2.81. The molecule has 15 heavy (non-hydrogen) atoms. The first-order valence-corrected chi connectivity index (χ1v) is 4.51. The Morgan fingerprint density at radius 2 is 2.07 bits per heavy atom. The van der Waals surface area contributed by atoms with Gasteiger partial charge in [-0.15, -0.1) is 0 Å². The zero-order chi connectivity index (χ0) is 11.1. The minimum Gasteiger partial charge on any atom is -0.490 e. The molecule has 1 aromatic carbocycles. The van der Waals surface area contributed by atoms with Crippen LogP contribution in [0.2, 0.25) is 0 Å². The maximum absolute atomic E-state index is 10.6. The van der Waals surface area contributed by atoms with E-state index in [1.54, 1.807) is 37.3 Å². The van der Waals surface area contributed by atoms with Gasteiger partial charge in [0.05, 0.1) is 6.61 Å². The first kappa shape index (κ1) is 11.3. The third kappa shape index (κ3) is 3.44. The van der Waals surface area contributed by atoms with Crippen LogP contribution in [0.15, 0.2) is 30.0 Å². The number of allylic oxidation sites excluding steroid dienone is 1. The smallest absolute Gasteiger partial charge is 0.184 e. The van der Waals surface area contributed by atoms with E-state index in [1.165, 1.54) is 0 Å². The van der Waals surface area contributed by atoms with Gasteiger partial charge in [0.15, 0.2) is 17.8 Å². The summed E-state index contributed by atoms with van der Waals surface area (Å²) in [6.45, 7) is 2.25. The maximum atomic E-state index is 10.6. The molecule has 0 aromatic heterocycles. The highest BCUT2D eigenvalue weighted by molar-refractivity contribution is 5.78. The summed E-state index contributed by atoms with van der Waals surface area (Å²) in [5.74, 6) is 0.617. The third-order valence-electron chi connectivity index (χ3n) is 1.72. The maximum Gasteiger partial charge on any atom is 0.184 e. The minimum absolute atomic E-state index is 0.273. The second-order valence-corrected chi connectivity index (χ2v) is 2.76. The number of rotatable bonds is 5. The van der Waals surface area contributed by atoms with Gasteiger partial charge in [0, 0.05) is 0 Å². The molecule has 4 heteroatoms. The van der Waals surface area contributed by atoms with Crippen molar-refractivity contribution in [2.45, 2.75) is 6.92 Å². The van der Waals surface area contributed by atoms with Crippen molar-refractivity contribution in [2.24, 2.45) is 0 Å². The van der Waals surface area contributed by atoms with Crippen molar-refractivity contribution in [2.75, 3.05) is 6.61 Å². The van der Waals surface area contributed by atoms with Gasteiger partial charge in [-0.25, -0.2) is 5.26 Å². The molecule has 0 saturated carbocycles. The summed E-state index contributed by atoms with van der Waals surface area (Å²) in [6.07, 6.45) is 2.26. The van der Waals surface area contributed by atoms with E-state index in [9.17, 15) is 4.79 Å². The molecule has 0 bridgehead atoms. The van der Waals surface area contributed by atoms with Crippen LogP contribution in [0.5, 0.6) is 5.75 Å². The van der Waals surface area contributed by atoms with Gasteiger partial charge in [0.2, 0.25) is 0 Å². The molecule has 80 valence electrons. The Morgan fingerprint density at radius 3 is 2.53 bits per heavy atom. The Hall–Kier alpha value is -1.81. The molecule has 1 N–H and O–H groups in total. The van der Waals surface area contributed by atoms with E-state index in [0.29, 0.717) is 18.6 Å². The van der Waals surface area contributed by atoms with Gasteiger partial charge in [-0.05, 0) is 30.7 Å². The largest absolute Gasteiger partial charge is 0.490 e. The lowest BCUT2D eigenvalue weighted by molar-refractivity contribution is -0.137. The number of ether oxygens (including phenoxy) is 1. The van der Waals surface area contributed by atoms with E-state index in [4.69, 9.17) is 9.99 Å². The van der Waals surface area contributed by atoms with Crippen molar-refractivity contribution in [3.05, 3.63) is 35.6 Å². The van der Waals surface area contributed by atoms with Gasteiger partial charge < -0.3 is 9.62 Å². The molecule has 0 saturated heterocycles. The third-order valence-corrected chi connectivity index (χ3v) is 1.72. The predicted molar refractivity (Wildman–Crippen MR) is 55.4 cm³/mol. The van der Waals surface area contributed by atoms with Crippen LogP contribution < -0.4 is 4.89 Å². The van der Waals surface area contributed by atoms with Crippen LogP contribution >= 0.6 is 0 Å². The highest BCUT2D eigenvalue weighted by atomic mass is 17.1. The van der Waals surface area contributed by atoms with Gasteiger partial charge in [-0.1, -0.05) is 12.1 Å². The molecule has 0 spiro atoms. The summed E-state index contributed by atoms with van der Waals surface area (Å²) >= 11 is 0. The summed E-state index contributed by atoms with van der Waals surface area (Å²) < 4.78 is 5.06. The second kappa shape index (κ2) is 5.82. The average Bonchev–Trinajstić information content (AvgIpc) is 2.29. The van der Waals surface area contributed by atoms with Gasteiger partial charge in [-0.2, -0.15) is 0 Å². The molecule has 1 aromatic rings. The first-order chi connectivity index (χ1) is 7.30. The zero-order valence-corrected chi connectivity index (χ0v) is 8.34. The summed E-state index contributed by atoms with van der Waals surface area (Å²) in [5, 5.41) is 8.34. The molecule has 0 heterocycles. The second-order valence-electron chi connectivity index (χ2n) is 2.76. The molecule has 0 aliphatic rings. The Labute approximate surface area is 87.7 Å². The topological polar surface area (TPSA) is 55.8 Å². The van der Waals surface area contributed by atoms with Crippen molar-refractivity contribution >= 4 is 12.4 Å². The number of aldehydes is 1. The van der Waals surface area contributed by atoms with E-state index in [-0.39, 0.29) is 5.76 Å². The molecule has 0 aliphatic carbocycles. The molecule has 0 aliphatic heterocycles. The van der Waals surface area contributed by atoms with Crippen molar-refractivity contribution in [3.63, 3.8) is 0 Å². The monoisotopic (exact) mass is 208 g/mol. The van der Waals surface area contributed by atoms with Gasteiger partial charge >= 0.3 is 0 Å². The molecular weight excluding hydrogens is 196 g/mol. The number of carbonyl (C=O) groups excluding carboxylic acids is 1. The molecule has 4 nitrogen and oxygen atoms in total. The molecule has 0 amide bonds. The quantitative estimate of drug-likeness (QED) is 0.265. The van der Waals surface area contributed by atoms with Crippen molar-refractivity contribution in [3.8, 4) is 5.75 Å². The average molecular weight is 208 g/mol. The number of benzene rings is 1. The minimum atomic E-state index is 0.273. The van der Waals surface area contributed by atoms with Crippen LogP contribution in [0.4, 0.5) is 0 Å². The van der Waals surface area contributed by atoms with Gasteiger partial charge in [0.1, 0.15) is 0 Å². The molecule has 0 radical (unpaired) electrons. The number of hydrogen-bond donors (Lipinski definition) is 1. The lowest BCUT2D eigenvalue weighted by Gasteiger charge is -2.01. The molecule has 0 fully saturated rings. The standard InChI is InChI=1S/C11H12O4/c1-2-14-11(8-12)7-9-3-5-10(15-13)6-4-9/h3-8,13H,2H2,1H3/b11-7-. The SMILES string of the molecule is CCO/C(C=O)=C\c1ccc(OO)cc1. The van der Waals surface area contributed by atoms with Crippen LogP contribution in [0.1, 0.15) is 12.5 Å². The predicted octanol–water partition coefficient (Wildman–Crippen LogP) is 2.11. The fourth-order valence-electron chi connectivity index (χ4n) is 1.07. The van der Waals surface area contributed by atoms with E-state index >= 15 is 0 Å². The van der Waals surface area contributed by atoms with E-state index in [2.05, 4.69) is 4.89 Å². The lowest BCUT2D eigenvalue weighted by atomic mass is 10.2. The van der Waals surface area contributed by atoms with Gasteiger partial charge in [-0.3, -0.25) is 4.79 Å². The molecule has 0 unspecified atom stereocenters. The van der Waals surface area contributed by atoms with Crippen LogP contribution in [0.25, 0.3) is 6.08 Å². The first-order valence-electron chi connectivity index (χ1n) is 4.51. The number of hydrogen-bond acceptors (Lipinski definition) is 4. The normalized spacial score (nSPS) is 10.9. The highest BCUT2D eigenvalue weighted by Gasteiger charge is 1.96. The van der Waals surface area contributed by atoms with E-state index in [0.717, 1.165) is 5.56 Å². The Kier molecular flexibility index (Phi) is 4.37. The van der Waals surface area contributed by atoms with Crippen molar-refractivity contribution in [1.29, 1.82) is 0 Å². The number of carbonyl (C=O) groups is 1. The van der Waals surface area contributed by atoms with Crippen LogP contribution in [0, 0.1) is 0 Å². The van der Waals surface area contributed by atoms with Crippen molar-refractivity contribution in [1.82, 2.24) is 0 Å². The van der Waals surface area contributed by atoms with Crippen LogP contribution in [-0.4, -0.2) is 18.2 Å². The Bertz CT molecular complexity index is 340.